The van der Waals surface area contributed by atoms with Crippen LogP contribution in [-0.4, -0.2) is 40.8 Å². The number of Topliss-reactive ketones (excluding diaryl/α,β-unsaturated/α-hetero) is 1. The number of hydrazine groups is 1. The molecule has 11 nitrogen and oxygen atoms in total. The Balaban J connectivity index is 0.000000613. The fourth-order valence-corrected chi connectivity index (χ4v) is 6.27. The number of hydrogen-bond acceptors (Lipinski definition) is 8. The van der Waals surface area contributed by atoms with Crippen LogP contribution in [0.4, 0.5) is 0 Å². The van der Waals surface area contributed by atoms with Crippen molar-refractivity contribution in [2.24, 2.45) is 29.0 Å². The molecule has 0 aliphatic heterocycles. The smallest absolute Gasteiger partial charge is 0.294 e. The lowest BCUT2D eigenvalue weighted by molar-refractivity contribution is -0.151. The second kappa shape index (κ2) is 18.9. The van der Waals surface area contributed by atoms with Crippen molar-refractivity contribution in [3.63, 3.8) is 0 Å². The summed E-state index contributed by atoms with van der Waals surface area (Å²) in [5.41, 5.74) is 6.18. The summed E-state index contributed by atoms with van der Waals surface area (Å²) in [6.07, 6.45) is 8.57. The van der Waals surface area contributed by atoms with Crippen molar-refractivity contribution in [2.75, 3.05) is 0 Å². The Labute approximate surface area is 283 Å². The van der Waals surface area contributed by atoms with Gasteiger partial charge in [-0.1, -0.05) is 87.4 Å². The number of nitrogens with zero attached hydrogens (tertiary/aromatic N) is 1. The molecule has 3 atom stereocenters. The van der Waals surface area contributed by atoms with Gasteiger partial charge in [-0.2, -0.15) is 8.42 Å². The minimum absolute atomic E-state index is 0.0247. The molecule has 0 radical (unpaired) electrons. The number of nitrogens with two attached hydrogens (primary N) is 1. The summed E-state index contributed by atoms with van der Waals surface area (Å²) in [4.78, 5) is 44.9. The van der Waals surface area contributed by atoms with Crippen molar-refractivity contribution in [2.45, 2.75) is 71.6 Å². The summed E-state index contributed by atoms with van der Waals surface area (Å²) in [5.74, 6) is 2.21. The zero-order valence-electron chi connectivity index (χ0n) is 28.2. The van der Waals surface area contributed by atoms with E-state index in [4.69, 9.17) is 10.4 Å². The van der Waals surface area contributed by atoms with E-state index in [1.807, 2.05) is 83.2 Å². The van der Waals surface area contributed by atoms with Crippen LogP contribution in [0.1, 0.15) is 68.7 Å². The monoisotopic (exact) mass is 680 g/mol. The Bertz CT molecular complexity index is 1630. The van der Waals surface area contributed by atoms with Gasteiger partial charge in [-0.25, -0.2) is 11.3 Å². The average Bonchev–Trinajstić information content (AvgIpc) is 3.05. The maximum absolute atomic E-state index is 14.5. The molecular formula is C36H48N4O7S. The third kappa shape index (κ3) is 11.5. The maximum Gasteiger partial charge on any atom is 0.294 e. The summed E-state index contributed by atoms with van der Waals surface area (Å²) >= 11 is 0. The third-order valence-electron chi connectivity index (χ3n) is 8.15. The summed E-state index contributed by atoms with van der Waals surface area (Å²) in [6, 6.07) is 17.4. The number of hydroxylamine groups is 1. The van der Waals surface area contributed by atoms with E-state index < -0.39 is 39.2 Å². The first-order valence-corrected chi connectivity index (χ1v) is 17.3. The zero-order chi connectivity index (χ0) is 35.9. The van der Waals surface area contributed by atoms with E-state index in [0.29, 0.717) is 19.3 Å². The van der Waals surface area contributed by atoms with Gasteiger partial charge in [0.1, 0.15) is 5.41 Å². The van der Waals surface area contributed by atoms with Gasteiger partial charge < -0.3 is 0 Å². The molecule has 0 saturated heterocycles. The van der Waals surface area contributed by atoms with Gasteiger partial charge in [0.25, 0.3) is 10.1 Å². The SMILES string of the molecule is CCCC(CC(C)C)(C(=O)NN)C(=O)[C@H](Cc1cnccc1C)[C@H](C/C=C/c1ccccc1)C(=O)NO.Cc1ccc(S(=O)(=O)O)cc1. The number of allylic oxidation sites excluding steroid dienone is 1. The number of aryl methyl sites for hydroxylation is 2. The largest absolute Gasteiger partial charge is 0.298 e. The highest BCUT2D eigenvalue weighted by Crippen LogP contribution is 2.40. The number of hydrogen-bond donors (Lipinski definition) is 5. The molecule has 0 aliphatic carbocycles. The second-order valence-corrected chi connectivity index (χ2v) is 13.7. The van der Waals surface area contributed by atoms with Crippen LogP contribution in [0, 0.1) is 37.0 Å². The molecule has 0 bridgehead atoms. The zero-order valence-corrected chi connectivity index (χ0v) is 29.0. The first-order chi connectivity index (χ1) is 22.7. The number of pyridine rings is 1. The van der Waals surface area contributed by atoms with E-state index in [0.717, 1.165) is 22.3 Å². The van der Waals surface area contributed by atoms with Crippen molar-refractivity contribution in [1.29, 1.82) is 0 Å². The number of rotatable bonds is 15. The van der Waals surface area contributed by atoms with Crippen LogP contribution in [0.5, 0.6) is 0 Å². The summed E-state index contributed by atoms with van der Waals surface area (Å²) < 4.78 is 29.6. The van der Waals surface area contributed by atoms with E-state index in [1.54, 1.807) is 30.0 Å². The normalized spacial score (nSPS) is 13.9. The van der Waals surface area contributed by atoms with Crippen LogP contribution in [0.15, 0.2) is 84.0 Å². The van der Waals surface area contributed by atoms with Gasteiger partial charge in [0.15, 0.2) is 5.78 Å². The Hall–Kier alpha value is -4.23. The number of nitrogens with one attached hydrogen (secondary N) is 2. The minimum Gasteiger partial charge on any atom is -0.298 e. The van der Waals surface area contributed by atoms with Gasteiger partial charge >= 0.3 is 0 Å². The molecule has 48 heavy (non-hydrogen) atoms. The first-order valence-electron chi connectivity index (χ1n) is 15.8. The van der Waals surface area contributed by atoms with Gasteiger partial charge in [0.2, 0.25) is 11.8 Å². The Kier molecular flexibility index (Phi) is 15.8. The van der Waals surface area contributed by atoms with Crippen molar-refractivity contribution in [3.05, 3.63) is 101 Å². The van der Waals surface area contributed by atoms with Crippen molar-refractivity contribution in [3.8, 4) is 0 Å². The number of benzene rings is 2. The summed E-state index contributed by atoms with van der Waals surface area (Å²) in [5, 5.41) is 9.63. The Morgan fingerprint density at radius 1 is 1.00 bits per heavy atom. The molecule has 0 fully saturated rings. The molecule has 0 spiro atoms. The second-order valence-electron chi connectivity index (χ2n) is 12.3. The standard InChI is InChI=1S/C29H40N4O4.C7H8O3S/c1-5-15-29(18-20(2)3,28(36)32-30)26(34)25(17-23-19-31-16-14-21(23)4)24(27(35)33-37)13-9-12-22-10-7-6-8-11-22;1-6-2-4-7(5-3-6)11(8,9)10/h6-12,14,16,19-20,24-25,37H,5,13,15,17-18,30H2,1-4H3,(H,32,36)(H,33,35);2-5H,1H3,(H,8,9,10)/b12-9+;/t24-,25+,29?;/m0./s1. The summed E-state index contributed by atoms with van der Waals surface area (Å²) in [7, 11) is -4.02. The lowest BCUT2D eigenvalue weighted by Crippen LogP contribution is -2.54. The van der Waals surface area contributed by atoms with E-state index in [2.05, 4.69) is 10.4 Å². The molecule has 2 amide bonds. The molecule has 0 saturated carbocycles. The van der Waals surface area contributed by atoms with E-state index in [9.17, 15) is 28.0 Å². The van der Waals surface area contributed by atoms with Crippen LogP contribution in [0.2, 0.25) is 0 Å². The Morgan fingerprint density at radius 2 is 1.65 bits per heavy atom. The van der Waals surface area contributed by atoms with Crippen LogP contribution >= 0.6 is 0 Å². The highest BCUT2D eigenvalue weighted by molar-refractivity contribution is 7.85. The lowest BCUT2D eigenvalue weighted by atomic mass is 9.65. The molecule has 3 aromatic rings. The van der Waals surface area contributed by atoms with Crippen LogP contribution in [0.25, 0.3) is 6.08 Å². The topological polar surface area (TPSA) is 189 Å². The number of aromatic nitrogens is 1. The van der Waals surface area contributed by atoms with Crippen molar-refractivity contribution in [1.82, 2.24) is 15.9 Å². The number of carbonyl (C=O) groups excluding carboxylic acids is 3. The molecule has 260 valence electrons. The van der Waals surface area contributed by atoms with E-state index >= 15 is 0 Å². The van der Waals surface area contributed by atoms with Crippen LogP contribution < -0.4 is 16.7 Å². The molecule has 1 unspecified atom stereocenters. The van der Waals surface area contributed by atoms with Gasteiger partial charge in [0, 0.05) is 18.3 Å². The highest BCUT2D eigenvalue weighted by Gasteiger charge is 2.50. The highest BCUT2D eigenvalue weighted by atomic mass is 32.2. The Morgan fingerprint density at radius 3 is 2.17 bits per heavy atom. The third-order valence-corrected chi connectivity index (χ3v) is 9.01. The summed E-state index contributed by atoms with van der Waals surface area (Å²) in [6.45, 7) is 9.56. The molecule has 2 aromatic carbocycles. The fourth-order valence-electron chi connectivity index (χ4n) is 5.79. The number of ketones is 1. The molecule has 0 aliphatic rings. The van der Waals surface area contributed by atoms with Gasteiger partial charge in [-0.05, 0) is 80.3 Å². The van der Waals surface area contributed by atoms with E-state index in [1.165, 1.54) is 12.1 Å². The van der Waals surface area contributed by atoms with Gasteiger partial charge in [-0.3, -0.25) is 34.6 Å². The molecular weight excluding hydrogens is 632 g/mol. The number of carbonyl (C=O) groups is 3. The quantitative estimate of drug-likeness (QED) is 0.0349. The van der Waals surface area contributed by atoms with E-state index in [-0.39, 0.29) is 29.4 Å². The predicted octanol–water partition coefficient (Wildman–Crippen LogP) is 5.41. The molecule has 1 heterocycles. The average molecular weight is 681 g/mol. The maximum atomic E-state index is 14.5. The predicted molar refractivity (Wildman–Crippen MR) is 185 cm³/mol. The van der Waals surface area contributed by atoms with Crippen molar-refractivity contribution < 1.29 is 32.6 Å². The van der Waals surface area contributed by atoms with Gasteiger partial charge in [-0.15, -0.1) is 0 Å². The first kappa shape index (κ1) is 39.9. The van der Waals surface area contributed by atoms with Crippen LogP contribution in [0.3, 0.4) is 0 Å². The molecule has 6 N–H and O–H groups in total. The van der Waals surface area contributed by atoms with Crippen LogP contribution in [-0.2, 0) is 30.9 Å². The fraction of sp³-hybridized carbons (Fsp3) is 0.389. The molecule has 1 aromatic heterocycles. The molecule has 3 rings (SSSR count). The minimum atomic E-state index is -4.02. The van der Waals surface area contributed by atoms with Crippen molar-refractivity contribution >= 4 is 33.8 Å². The number of amides is 2. The lowest BCUT2D eigenvalue weighted by Gasteiger charge is -2.37. The van der Waals surface area contributed by atoms with Gasteiger partial charge in [0.05, 0.1) is 10.8 Å². The molecule has 12 heteroatoms.